The lowest BCUT2D eigenvalue weighted by Gasteiger charge is -2.07. The van der Waals surface area contributed by atoms with Gasteiger partial charge in [0.05, 0.1) is 10.6 Å². The van der Waals surface area contributed by atoms with Gasteiger partial charge in [-0.05, 0) is 31.3 Å². The first-order valence-corrected chi connectivity index (χ1v) is 6.03. The van der Waals surface area contributed by atoms with E-state index in [9.17, 15) is 0 Å². The Labute approximate surface area is 95.2 Å². The van der Waals surface area contributed by atoms with Gasteiger partial charge in [-0.15, -0.1) is 16.9 Å². The predicted molar refractivity (Wildman–Crippen MR) is 63.5 cm³/mol. The fourth-order valence-corrected chi connectivity index (χ4v) is 2.12. The van der Waals surface area contributed by atoms with Gasteiger partial charge in [0.25, 0.3) is 0 Å². The van der Waals surface area contributed by atoms with Crippen LogP contribution in [0.3, 0.4) is 0 Å². The van der Waals surface area contributed by atoms with Crippen LogP contribution in [-0.4, -0.2) is 9.59 Å². The van der Waals surface area contributed by atoms with E-state index in [1.165, 1.54) is 11.5 Å². The first-order valence-electron chi connectivity index (χ1n) is 5.25. The van der Waals surface area contributed by atoms with E-state index < -0.39 is 0 Å². The Bertz CT molecular complexity index is 348. The zero-order chi connectivity index (χ0) is 11.1. The van der Waals surface area contributed by atoms with E-state index in [1.807, 2.05) is 6.92 Å². The van der Waals surface area contributed by atoms with Crippen LogP contribution < -0.4 is 5.73 Å². The fourth-order valence-electron chi connectivity index (χ4n) is 1.39. The lowest BCUT2D eigenvalue weighted by atomic mass is 10.1. The normalized spacial score (nSPS) is 11.9. The molecule has 1 aromatic rings. The van der Waals surface area contributed by atoms with Crippen LogP contribution in [0.4, 0.5) is 0 Å². The van der Waals surface area contributed by atoms with Gasteiger partial charge in [-0.3, -0.25) is 0 Å². The number of hydrogen-bond acceptors (Lipinski definition) is 4. The van der Waals surface area contributed by atoms with Gasteiger partial charge in [0.1, 0.15) is 0 Å². The maximum absolute atomic E-state index is 6.07. The van der Waals surface area contributed by atoms with Gasteiger partial charge in [-0.25, -0.2) is 0 Å². The second kappa shape index (κ2) is 6.54. The Morgan fingerprint density at radius 1 is 1.53 bits per heavy atom. The molecule has 0 bridgehead atoms. The second-order valence-electron chi connectivity index (χ2n) is 3.41. The van der Waals surface area contributed by atoms with Crippen molar-refractivity contribution >= 4 is 11.5 Å². The largest absolute Gasteiger partial charge is 0.323 e. The molecule has 0 fully saturated rings. The molecule has 0 spiro atoms. The smallest absolute Gasteiger partial charge is 0.0803 e. The molecule has 0 aromatic carbocycles. The molecule has 1 aromatic heterocycles. The number of aryl methyl sites for hydroxylation is 1. The highest BCUT2D eigenvalue weighted by Gasteiger charge is 2.14. The summed E-state index contributed by atoms with van der Waals surface area (Å²) >= 11 is 1.42. The molecule has 0 aliphatic heterocycles. The van der Waals surface area contributed by atoms with Crippen molar-refractivity contribution in [3.63, 3.8) is 0 Å². The molecule has 0 aliphatic carbocycles. The molecule has 3 nitrogen and oxygen atoms in total. The van der Waals surface area contributed by atoms with Crippen LogP contribution in [0.2, 0.25) is 0 Å². The van der Waals surface area contributed by atoms with Crippen LogP contribution in [-0.2, 0) is 6.42 Å². The molecule has 15 heavy (non-hydrogen) atoms. The third-order valence-corrected chi connectivity index (χ3v) is 3.06. The van der Waals surface area contributed by atoms with Gasteiger partial charge in [-0.1, -0.05) is 17.8 Å². The van der Waals surface area contributed by atoms with Crippen LogP contribution in [0.1, 0.15) is 49.7 Å². The lowest BCUT2D eigenvalue weighted by Crippen LogP contribution is -2.10. The topological polar surface area (TPSA) is 51.8 Å². The van der Waals surface area contributed by atoms with Crippen molar-refractivity contribution in [1.29, 1.82) is 0 Å². The molecule has 2 N–H and O–H groups in total. The van der Waals surface area contributed by atoms with Crippen LogP contribution in [0.25, 0.3) is 0 Å². The maximum Gasteiger partial charge on any atom is 0.0803 e. The van der Waals surface area contributed by atoms with Crippen molar-refractivity contribution in [3.8, 4) is 11.8 Å². The van der Waals surface area contributed by atoms with E-state index in [0.29, 0.717) is 0 Å². The van der Waals surface area contributed by atoms with E-state index in [2.05, 4.69) is 28.4 Å². The molecule has 4 heteroatoms. The minimum atomic E-state index is 0.0485. The molecule has 1 heterocycles. The van der Waals surface area contributed by atoms with Crippen molar-refractivity contribution in [2.45, 2.75) is 45.6 Å². The van der Waals surface area contributed by atoms with E-state index in [4.69, 9.17) is 5.73 Å². The summed E-state index contributed by atoms with van der Waals surface area (Å²) in [6, 6.07) is 0.0485. The first kappa shape index (κ1) is 12.2. The molecule has 0 saturated carbocycles. The molecule has 82 valence electrons. The van der Waals surface area contributed by atoms with Crippen molar-refractivity contribution < 1.29 is 0 Å². The Morgan fingerprint density at radius 3 is 3.00 bits per heavy atom. The van der Waals surface area contributed by atoms with Gasteiger partial charge in [0.15, 0.2) is 0 Å². The van der Waals surface area contributed by atoms with E-state index in [0.717, 1.165) is 36.3 Å². The van der Waals surface area contributed by atoms with E-state index >= 15 is 0 Å². The highest BCUT2D eigenvalue weighted by molar-refractivity contribution is 7.05. The molecule has 1 rings (SSSR count). The van der Waals surface area contributed by atoms with E-state index in [-0.39, 0.29) is 6.04 Å². The fraction of sp³-hybridized carbons (Fsp3) is 0.636. The zero-order valence-corrected chi connectivity index (χ0v) is 10.1. The number of hydrogen-bond donors (Lipinski definition) is 1. The molecule has 0 aliphatic rings. The van der Waals surface area contributed by atoms with Gasteiger partial charge >= 0.3 is 0 Å². The Hall–Kier alpha value is -0.920. The van der Waals surface area contributed by atoms with Crippen LogP contribution >= 0.6 is 11.5 Å². The number of aromatic nitrogens is 2. The molecule has 0 saturated heterocycles. The summed E-state index contributed by atoms with van der Waals surface area (Å²) in [6.07, 6.45) is 3.79. The van der Waals surface area contributed by atoms with Crippen molar-refractivity contribution in [2.24, 2.45) is 5.73 Å². The molecule has 0 radical (unpaired) electrons. The monoisotopic (exact) mass is 223 g/mol. The lowest BCUT2D eigenvalue weighted by molar-refractivity contribution is 0.666. The molecular weight excluding hydrogens is 206 g/mol. The minimum Gasteiger partial charge on any atom is -0.323 e. The number of rotatable bonds is 5. The highest BCUT2D eigenvalue weighted by Crippen LogP contribution is 2.22. The molecular formula is C11H17N3S. The Kier molecular flexibility index (Phi) is 5.30. The van der Waals surface area contributed by atoms with Crippen molar-refractivity contribution in [3.05, 3.63) is 10.6 Å². The summed E-state index contributed by atoms with van der Waals surface area (Å²) in [6.45, 7) is 3.99. The maximum atomic E-state index is 6.07. The van der Waals surface area contributed by atoms with Crippen LogP contribution in [0.5, 0.6) is 0 Å². The summed E-state index contributed by atoms with van der Waals surface area (Å²) in [5.41, 5.74) is 7.14. The van der Waals surface area contributed by atoms with Crippen molar-refractivity contribution in [1.82, 2.24) is 9.59 Å². The third-order valence-electron chi connectivity index (χ3n) is 2.17. The highest BCUT2D eigenvalue weighted by atomic mass is 32.1. The third kappa shape index (κ3) is 3.61. The van der Waals surface area contributed by atoms with Gasteiger partial charge in [0.2, 0.25) is 0 Å². The summed E-state index contributed by atoms with van der Waals surface area (Å²) in [5.74, 6) is 5.90. The molecule has 1 atom stereocenters. The Morgan fingerprint density at radius 2 is 2.33 bits per heavy atom. The second-order valence-corrected chi connectivity index (χ2v) is 4.19. The summed E-state index contributed by atoms with van der Waals surface area (Å²) in [7, 11) is 0. The quantitative estimate of drug-likeness (QED) is 0.779. The number of nitrogens with zero attached hydrogens (tertiary/aromatic N) is 2. The SMILES string of the molecule is CC#CCCC(N)c1snnc1CCC. The average molecular weight is 223 g/mol. The summed E-state index contributed by atoms with van der Waals surface area (Å²) in [4.78, 5) is 1.13. The van der Waals surface area contributed by atoms with Gasteiger partial charge in [-0.2, -0.15) is 0 Å². The van der Waals surface area contributed by atoms with Crippen molar-refractivity contribution in [2.75, 3.05) is 0 Å². The van der Waals surface area contributed by atoms with E-state index in [1.54, 1.807) is 0 Å². The zero-order valence-electron chi connectivity index (χ0n) is 9.29. The summed E-state index contributed by atoms with van der Waals surface area (Å²) < 4.78 is 3.97. The Balaban J connectivity index is 2.58. The van der Waals surface area contributed by atoms with Gasteiger partial charge < -0.3 is 5.73 Å². The predicted octanol–water partition coefficient (Wildman–Crippen LogP) is 2.29. The number of nitrogens with two attached hydrogens (primary N) is 1. The minimum absolute atomic E-state index is 0.0485. The first-order chi connectivity index (χ1) is 7.29. The summed E-state index contributed by atoms with van der Waals surface area (Å²) in [5, 5.41) is 4.11. The van der Waals surface area contributed by atoms with Gasteiger partial charge in [0, 0.05) is 12.5 Å². The van der Waals surface area contributed by atoms with Crippen LogP contribution in [0.15, 0.2) is 0 Å². The van der Waals surface area contributed by atoms with Crippen LogP contribution in [0, 0.1) is 11.8 Å². The standard InChI is InChI=1S/C11H17N3S/c1-3-5-6-8-9(12)11-10(7-4-2)13-14-15-11/h9H,4,6-8,12H2,1-2H3. The molecule has 1 unspecified atom stereocenters. The molecule has 0 amide bonds. The average Bonchev–Trinajstić information content (AvgIpc) is 2.67.